The summed E-state index contributed by atoms with van der Waals surface area (Å²) in [5.74, 6) is 2.61. The van der Waals surface area contributed by atoms with Crippen LogP contribution in [0.25, 0.3) is 84.2 Å². The fourth-order valence-electron chi connectivity index (χ4n) is 6.72. The largest absolute Gasteiger partial charge is 0.293 e. The molecule has 0 unspecified atom stereocenters. The number of hydrogen-bond acceptors (Lipinski definition) is 4. The van der Waals surface area contributed by atoms with E-state index in [4.69, 9.17) is 19.9 Å². The third kappa shape index (κ3) is 5.22. The summed E-state index contributed by atoms with van der Waals surface area (Å²) >= 11 is 0. The zero-order valence-electron chi connectivity index (χ0n) is 27.4. The van der Waals surface area contributed by atoms with E-state index in [2.05, 4.69) is 102 Å². The highest BCUT2D eigenvalue weighted by atomic mass is 15.1. The molecule has 3 aromatic heterocycles. The molecule has 9 aromatic rings. The number of benzene rings is 6. The number of pyridine rings is 1. The highest BCUT2D eigenvalue weighted by Crippen LogP contribution is 2.39. The Morgan fingerprint density at radius 3 is 1.60 bits per heavy atom. The van der Waals surface area contributed by atoms with Crippen molar-refractivity contribution >= 4 is 21.8 Å². The molecule has 5 heteroatoms. The molecule has 9 rings (SSSR count). The van der Waals surface area contributed by atoms with Gasteiger partial charge in [-0.3, -0.25) is 4.57 Å². The van der Waals surface area contributed by atoms with Crippen molar-refractivity contribution in [1.29, 1.82) is 0 Å². The number of rotatable bonds is 6. The zero-order valence-corrected chi connectivity index (χ0v) is 27.4. The third-order valence-corrected chi connectivity index (χ3v) is 9.15. The summed E-state index contributed by atoms with van der Waals surface area (Å²) in [6, 6.07) is 58.5. The molecule has 0 radical (unpaired) electrons. The van der Waals surface area contributed by atoms with Gasteiger partial charge in [0.15, 0.2) is 17.5 Å². The minimum absolute atomic E-state index is 0.568. The molecule has 0 N–H and O–H groups in total. The monoisotopic (exact) mass is 641 g/mol. The second-order valence-electron chi connectivity index (χ2n) is 12.4. The van der Waals surface area contributed by atoms with Crippen molar-refractivity contribution < 1.29 is 0 Å². The number of hydrogen-bond donors (Lipinski definition) is 0. The first-order valence-corrected chi connectivity index (χ1v) is 16.7. The highest BCUT2D eigenvalue weighted by molar-refractivity contribution is 6.13. The van der Waals surface area contributed by atoms with Gasteiger partial charge in [-0.25, -0.2) is 19.9 Å². The fraction of sp³-hybridized carbons (Fsp3) is 0.0222. The van der Waals surface area contributed by atoms with Crippen LogP contribution in [0.5, 0.6) is 0 Å². The molecular formula is C45H31N5. The molecule has 0 aliphatic rings. The van der Waals surface area contributed by atoms with Gasteiger partial charge >= 0.3 is 0 Å². The van der Waals surface area contributed by atoms with Crippen LogP contribution >= 0.6 is 0 Å². The summed E-state index contributed by atoms with van der Waals surface area (Å²) in [6.45, 7) is 2.12. The molecule has 6 aromatic carbocycles. The van der Waals surface area contributed by atoms with Crippen LogP contribution < -0.4 is 0 Å². The Labute approximate surface area is 290 Å². The number of para-hydroxylation sites is 2. The van der Waals surface area contributed by atoms with E-state index in [1.54, 1.807) is 0 Å². The molecule has 0 aliphatic carbocycles. The Kier molecular flexibility index (Phi) is 7.29. The van der Waals surface area contributed by atoms with Gasteiger partial charge in [0.2, 0.25) is 0 Å². The van der Waals surface area contributed by atoms with Crippen LogP contribution in [0, 0.1) is 6.92 Å². The zero-order chi connectivity index (χ0) is 33.4. The van der Waals surface area contributed by atoms with Crippen LogP contribution in [-0.2, 0) is 0 Å². The molecule has 0 spiro atoms. The van der Waals surface area contributed by atoms with Gasteiger partial charge in [-0.05, 0) is 30.7 Å². The van der Waals surface area contributed by atoms with E-state index in [0.29, 0.717) is 17.5 Å². The Morgan fingerprint density at radius 1 is 0.380 bits per heavy atom. The fourth-order valence-corrected chi connectivity index (χ4v) is 6.72. The lowest BCUT2D eigenvalue weighted by Gasteiger charge is -2.15. The minimum Gasteiger partial charge on any atom is -0.293 e. The highest BCUT2D eigenvalue weighted by Gasteiger charge is 2.21. The van der Waals surface area contributed by atoms with E-state index in [9.17, 15) is 0 Å². The minimum atomic E-state index is 0.568. The van der Waals surface area contributed by atoms with E-state index >= 15 is 0 Å². The van der Waals surface area contributed by atoms with Gasteiger partial charge < -0.3 is 0 Å². The Morgan fingerprint density at radius 2 is 0.940 bits per heavy atom. The maximum Gasteiger partial charge on any atom is 0.166 e. The van der Waals surface area contributed by atoms with Gasteiger partial charge in [0.05, 0.1) is 16.7 Å². The van der Waals surface area contributed by atoms with E-state index in [1.165, 1.54) is 16.3 Å². The van der Waals surface area contributed by atoms with Crippen LogP contribution in [0.2, 0.25) is 0 Å². The molecule has 0 saturated carbocycles. The SMILES string of the molecule is Cc1ccc(-c2cccc3c4ccccc4n(-c4ccc(-c5nc(-c6ccccc6)nc(-c6ccccc6)n5)c(-c5ccccc5)n4)c23)cc1. The van der Waals surface area contributed by atoms with Crippen LogP contribution in [-0.4, -0.2) is 24.5 Å². The Hall–Kier alpha value is -6.72. The first kappa shape index (κ1) is 29.4. The molecule has 0 saturated heterocycles. The topological polar surface area (TPSA) is 56.5 Å². The van der Waals surface area contributed by atoms with Crippen LogP contribution in [0.1, 0.15) is 5.56 Å². The van der Waals surface area contributed by atoms with Crippen molar-refractivity contribution in [3.8, 4) is 62.4 Å². The van der Waals surface area contributed by atoms with E-state index in [1.807, 2.05) is 78.9 Å². The third-order valence-electron chi connectivity index (χ3n) is 9.15. The second-order valence-corrected chi connectivity index (χ2v) is 12.4. The van der Waals surface area contributed by atoms with E-state index in [0.717, 1.165) is 55.9 Å². The van der Waals surface area contributed by atoms with Gasteiger partial charge in [0.1, 0.15) is 5.82 Å². The second kappa shape index (κ2) is 12.4. The first-order valence-electron chi connectivity index (χ1n) is 16.7. The predicted octanol–water partition coefficient (Wildman–Crippen LogP) is 11.0. The average Bonchev–Trinajstić information content (AvgIpc) is 3.53. The lowest BCUT2D eigenvalue weighted by Crippen LogP contribution is -2.04. The van der Waals surface area contributed by atoms with Gasteiger partial charge in [0, 0.05) is 38.6 Å². The maximum atomic E-state index is 5.48. The molecule has 0 amide bonds. The summed E-state index contributed by atoms with van der Waals surface area (Å²) in [7, 11) is 0. The van der Waals surface area contributed by atoms with E-state index in [-0.39, 0.29) is 0 Å². The summed E-state index contributed by atoms with van der Waals surface area (Å²) in [4.78, 5) is 20.5. The molecule has 0 fully saturated rings. The predicted molar refractivity (Wildman–Crippen MR) is 204 cm³/mol. The number of aryl methyl sites for hydroxylation is 1. The summed E-state index contributed by atoms with van der Waals surface area (Å²) < 4.78 is 2.30. The van der Waals surface area contributed by atoms with E-state index < -0.39 is 0 Å². The normalized spacial score (nSPS) is 11.3. The van der Waals surface area contributed by atoms with Crippen molar-refractivity contribution in [3.63, 3.8) is 0 Å². The standard InChI is InChI=1S/C45H31N5/c1-30-24-26-31(27-25-30)35-21-13-22-37-36-20-11-12-23-39(36)50(42(35)37)40-29-28-38(41(46-40)32-14-5-2-6-15-32)45-48-43(33-16-7-3-8-17-33)47-44(49-45)34-18-9-4-10-19-34/h2-29H,1H3. The van der Waals surface area contributed by atoms with Gasteiger partial charge in [-0.2, -0.15) is 0 Å². The molecule has 236 valence electrons. The Bertz CT molecular complexity index is 2570. The summed E-state index contributed by atoms with van der Waals surface area (Å²) in [6.07, 6.45) is 0. The van der Waals surface area contributed by atoms with Crippen molar-refractivity contribution in [3.05, 3.63) is 175 Å². The van der Waals surface area contributed by atoms with Crippen molar-refractivity contribution in [2.45, 2.75) is 6.92 Å². The number of aromatic nitrogens is 5. The molecule has 0 bridgehead atoms. The molecule has 0 aliphatic heterocycles. The lowest BCUT2D eigenvalue weighted by atomic mass is 10.0. The molecule has 3 heterocycles. The molecule has 0 atom stereocenters. The summed E-state index contributed by atoms with van der Waals surface area (Å²) in [5.41, 5.74) is 10.2. The van der Waals surface area contributed by atoms with Crippen molar-refractivity contribution in [2.75, 3.05) is 0 Å². The summed E-state index contributed by atoms with van der Waals surface area (Å²) in [5, 5.41) is 2.37. The molecule has 50 heavy (non-hydrogen) atoms. The number of nitrogens with zero attached hydrogens (tertiary/aromatic N) is 5. The van der Waals surface area contributed by atoms with Crippen molar-refractivity contribution in [1.82, 2.24) is 24.5 Å². The Balaban J connectivity index is 1.31. The lowest BCUT2D eigenvalue weighted by molar-refractivity contribution is 1.06. The maximum absolute atomic E-state index is 5.48. The quantitative estimate of drug-likeness (QED) is 0.181. The van der Waals surface area contributed by atoms with Gasteiger partial charge in [-0.1, -0.05) is 157 Å². The molecule has 5 nitrogen and oxygen atoms in total. The average molecular weight is 642 g/mol. The first-order chi connectivity index (χ1) is 24.7. The van der Waals surface area contributed by atoms with Gasteiger partial charge in [-0.15, -0.1) is 0 Å². The van der Waals surface area contributed by atoms with Crippen molar-refractivity contribution in [2.24, 2.45) is 0 Å². The van der Waals surface area contributed by atoms with Crippen LogP contribution in [0.3, 0.4) is 0 Å². The smallest absolute Gasteiger partial charge is 0.166 e. The van der Waals surface area contributed by atoms with Crippen LogP contribution in [0.4, 0.5) is 0 Å². The van der Waals surface area contributed by atoms with Gasteiger partial charge in [0.25, 0.3) is 0 Å². The van der Waals surface area contributed by atoms with Crippen LogP contribution in [0.15, 0.2) is 170 Å². The number of fused-ring (bicyclic) bond motifs is 3. The molecular weight excluding hydrogens is 611 g/mol.